The first-order valence-electron chi connectivity index (χ1n) is 5.10. The van der Waals surface area contributed by atoms with Crippen molar-refractivity contribution < 1.29 is 24.5 Å². The summed E-state index contributed by atoms with van der Waals surface area (Å²) in [5, 5.41) is 18.2. The lowest BCUT2D eigenvalue weighted by Gasteiger charge is -2.19. The Morgan fingerprint density at radius 3 is 2.59 bits per heavy atom. The van der Waals surface area contributed by atoms with Gasteiger partial charge in [0.1, 0.15) is 6.61 Å². The molecule has 0 fully saturated rings. The van der Waals surface area contributed by atoms with Gasteiger partial charge in [-0.3, -0.25) is 0 Å². The predicted octanol–water partition coefficient (Wildman–Crippen LogP) is 1.22. The molecule has 5 nitrogen and oxygen atoms in total. The molecule has 1 aromatic carbocycles. The third kappa shape index (κ3) is 3.35. The minimum absolute atomic E-state index is 0.345. The summed E-state index contributed by atoms with van der Waals surface area (Å²) in [7, 11) is 1.50. The second-order valence-electron chi connectivity index (χ2n) is 4.02. The van der Waals surface area contributed by atoms with Crippen LogP contribution < -0.4 is 9.47 Å². The molecule has 0 saturated heterocycles. The van der Waals surface area contributed by atoms with Crippen LogP contribution in [0.25, 0.3) is 0 Å². The Morgan fingerprint density at radius 2 is 2.06 bits per heavy atom. The lowest BCUT2D eigenvalue weighted by atomic mass is 10.1. The number of methoxy groups -OCH3 is 1. The first-order chi connectivity index (χ1) is 7.86. The van der Waals surface area contributed by atoms with Gasteiger partial charge < -0.3 is 19.7 Å². The SMILES string of the molecule is COc1cc(C)ccc1OCC(C)(O)C(=O)O. The second-order valence-corrected chi connectivity index (χ2v) is 4.02. The van der Waals surface area contributed by atoms with E-state index in [2.05, 4.69) is 0 Å². The highest BCUT2D eigenvalue weighted by atomic mass is 16.5. The Balaban J connectivity index is 2.79. The molecule has 5 heteroatoms. The van der Waals surface area contributed by atoms with E-state index in [9.17, 15) is 9.90 Å². The molecule has 0 heterocycles. The molecule has 0 spiro atoms. The number of carboxylic acids is 1. The van der Waals surface area contributed by atoms with Gasteiger partial charge in [0.25, 0.3) is 0 Å². The fourth-order valence-electron chi connectivity index (χ4n) is 1.17. The van der Waals surface area contributed by atoms with Crippen LogP contribution in [-0.4, -0.2) is 35.5 Å². The molecule has 1 unspecified atom stereocenters. The van der Waals surface area contributed by atoms with Gasteiger partial charge in [0.15, 0.2) is 17.1 Å². The molecule has 17 heavy (non-hydrogen) atoms. The molecule has 0 aliphatic heterocycles. The van der Waals surface area contributed by atoms with Crippen LogP contribution in [0.3, 0.4) is 0 Å². The van der Waals surface area contributed by atoms with Gasteiger partial charge in [0.2, 0.25) is 0 Å². The van der Waals surface area contributed by atoms with E-state index in [1.54, 1.807) is 12.1 Å². The number of benzene rings is 1. The normalized spacial score (nSPS) is 13.9. The molecular formula is C12H16O5. The molecule has 0 aliphatic carbocycles. The minimum Gasteiger partial charge on any atom is -0.493 e. The fourth-order valence-corrected chi connectivity index (χ4v) is 1.17. The molecule has 0 amide bonds. The Hall–Kier alpha value is -1.75. The van der Waals surface area contributed by atoms with E-state index in [0.29, 0.717) is 11.5 Å². The molecule has 0 saturated carbocycles. The molecule has 1 rings (SSSR count). The number of hydrogen-bond donors (Lipinski definition) is 2. The zero-order chi connectivity index (χ0) is 13.1. The average molecular weight is 240 g/mol. The van der Waals surface area contributed by atoms with E-state index in [1.165, 1.54) is 14.0 Å². The quantitative estimate of drug-likeness (QED) is 0.809. The Kier molecular flexibility index (Phi) is 3.96. The molecule has 1 aromatic rings. The minimum atomic E-state index is -1.92. The molecule has 0 aliphatic rings. The highest BCUT2D eigenvalue weighted by Crippen LogP contribution is 2.28. The first-order valence-corrected chi connectivity index (χ1v) is 5.10. The highest BCUT2D eigenvalue weighted by molar-refractivity contribution is 5.76. The van der Waals surface area contributed by atoms with Crippen molar-refractivity contribution in [2.24, 2.45) is 0 Å². The largest absolute Gasteiger partial charge is 0.493 e. The predicted molar refractivity (Wildman–Crippen MR) is 61.5 cm³/mol. The summed E-state index contributed by atoms with van der Waals surface area (Å²) in [4.78, 5) is 10.7. The summed E-state index contributed by atoms with van der Waals surface area (Å²) < 4.78 is 10.4. The molecule has 1 atom stereocenters. The number of carboxylic acid groups (broad SMARTS) is 1. The van der Waals surface area contributed by atoms with Gasteiger partial charge in [-0.2, -0.15) is 0 Å². The topological polar surface area (TPSA) is 76.0 Å². The number of rotatable bonds is 5. The van der Waals surface area contributed by atoms with Crippen molar-refractivity contribution in [1.29, 1.82) is 0 Å². The maximum absolute atomic E-state index is 10.7. The van der Waals surface area contributed by atoms with Crippen molar-refractivity contribution in [3.05, 3.63) is 23.8 Å². The molecule has 2 N–H and O–H groups in total. The van der Waals surface area contributed by atoms with Crippen molar-refractivity contribution in [1.82, 2.24) is 0 Å². The maximum atomic E-state index is 10.7. The third-order valence-electron chi connectivity index (χ3n) is 2.29. The molecular weight excluding hydrogens is 224 g/mol. The van der Waals surface area contributed by atoms with Gasteiger partial charge >= 0.3 is 5.97 Å². The smallest absolute Gasteiger partial charge is 0.339 e. The van der Waals surface area contributed by atoms with Crippen LogP contribution in [0, 0.1) is 6.92 Å². The fraction of sp³-hybridized carbons (Fsp3) is 0.417. The number of aliphatic hydroxyl groups is 1. The number of ether oxygens (including phenoxy) is 2. The van der Waals surface area contributed by atoms with Gasteiger partial charge in [-0.05, 0) is 31.5 Å². The lowest BCUT2D eigenvalue weighted by Crippen LogP contribution is -2.41. The summed E-state index contributed by atoms with van der Waals surface area (Å²) in [5.74, 6) is -0.422. The molecule has 0 bridgehead atoms. The highest BCUT2D eigenvalue weighted by Gasteiger charge is 2.31. The van der Waals surface area contributed by atoms with Crippen molar-refractivity contribution >= 4 is 5.97 Å². The summed E-state index contributed by atoms with van der Waals surface area (Å²) in [6.07, 6.45) is 0. The van der Waals surface area contributed by atoms with Gasteiger partial charge in [-0.15, -0.1) is 0 Å². The molecule has 94 valence electrons. The average Bonchev–Trinajstić information content (AvgIpc) is 2.27. The van der Waals surface area contributed by atoms with Crippen molar-refractivity contribution in [2.75, 3.05) is 13.7 Å². The van der Waals surface area contributed by atoms with Crippen molar-refractivity contribution in [3.8, 4) is 11.5 Å². The van der Waals surface area contributed by atoms with Gasteiger partial charge in [0.05, 0.1) is 7.11 Å². The van der Waals surface area contributed by atoms with Crippen LogP contribution in [-0.2, 0) is 4.79 Å². The summed E-state index contributed by atoms with van der Waals surface area (Å²) in [6, 6.07) is 5.25. The van der Waals surface area contributed by atoms with Crippen LogP contribution in [0.15, 0.2) is 18.2 Å². The van der Waals surface area contributed by atoms with Crippen LogP contribution in [0.1, 0.15) is 12.5 Å². The van der Waals surface area contributed by atoms with Gasteiger partial charge in [-0.1, -0.05) is 6.07 Å². The van der Waals surface area contributed by atoms with E-state index < -0.39 is 11.6 Å². The summed E-state index contributed by atoms with van der Waals surface area (Å²) >= 11 is 0. The Bertz CT molecular complexity index is 411. The van der Waals surface area contributed by atoms with Crippen molar-refractivity contribution in [2.45, 2.75) is 19.4 Å². The third-order valence-corrected chi connectivity index (χ3v) is 2.29. The summed E-state index contributed by atoms with van der Waals surface area (Å²) in [6.45, 7) is 2.73. The van der Waals surface area contributed by atoms with Gasteiger partial charge in [0, 0.05) is 0 Å². The van der Waals surface area contributed by atoms with Crippen LogP contribution in [0.4, 0.5) is 0 Å². The Morgan fingerprint density at radius 1 is 1.41 bits per heavy atom. The Labute approximate surface area is 99.6 Å². The summed E-state index contributed by atoms with van der Waals surface area (Å²) in [5.41, 5.74) is -0.921. The maximum Gasteiger partial charge on any atom is 0.339 e. The lowest BCUT2D eigenvalue weighted by molar-refractivity contribution is -0.159. The number of aliphatic carboxylic acids is 1. The van der Waals surface area contributed by atoms with E-state index >= 15 is 0 Å². The van der Waals surface area contributed by atoms with Crippen LogP contribution >= 0.6 is 0 Å². The van der Waals surface area contributed by atoms with E-state index in [0.717, 1.165) is 5.56 Å². The monoisotopic (exact) mass is 240 g/mol. The first kappa shape index (κ1) is 13.3. The molecule has 0 radical (unpaired) electrons. The van der Waals surface area contributed by atoms with Crippen LogP contribution in [0.2, 0.25) is 0 Å². The number of carbonyl (C=O) groups is 1. The van der Waals surface area contributed by atoms with E-state index in [1.807, 2.05) is 13.0 Å². The second kappa shape index (κ2) is 5.05. The van der Waals surface area contributed by atoms with Crippen LogP contribution in [0.5, 0.6) is 11.5 Å². The zero-order valence-electron chi connectivity index (χ0n) is 10.1. The zero-order valence-corrected chi connectivity index (χ0v) is 10.1. The number of aryl methyl sites for hydroxylation is 1. The van der Waals surface area contributed by atoms with E-state index in [4.69, 9.17) is 14.6 Å². The number of hydrogen-bond acceptors (Lipinski definition) is 4. The van der Waals surface area contributed by atoms with Crippen molar-refractivity contribution in [3.63, 3.8) is 0 Å². The van der Waals surface area contributed by atoms with Gasteiger partial charge in [-0.25, -0.2) is 4.79 Å². The molecule has 0 aromatic heterocycles. The van der Waals surface area contributed by atoms with E-state index in [-0.39, 0.29) is 6.61 Å². The standard InChI is InChI=1S/C12H16O5/c1-8-4-5-9(10(6-8)16-3)17-7-12(2,15)11(13)14/h4-6,15H,7H2,1-3H3,(H,13,14).